The average molecular weight is 261 g/mol. The normalized spacial score (nSPS) is 39.8. The van der Waals surface area contributed by atoms with Crippen LogP contribution in [-0.4, -0.2) is 17.3 Å². The Hall–Kier alpha value is -0.380. The van der Waals surface area contributed by atoms with Crippen molar-refractivity contribution in [3.8, 4) is 0 Å². The van der Waals surface area contributed by atoms with E-state index >= 15 is 0 Å². The molecule has 0 unspecified atom stereocenters. The van der Waals surface area contributed by atoms with E-state index in [0.29, 0.717) is 5.33 Å². The van der Waals surface area contributed by atoms with E-state index in [9.17, 15) is 9.59 Å². The van der Waals surface area contributed by atoms with Crippen molar-refractivity contribution in [1.82, 2.24) is 0 Å². The summed E-state index contributed by atoms with van der Waals surface area (Å²) in [6, 6.07) is 0. The van der Waals surface area contributed by atoms with Crippen LogP contribution < -0.4 is 0 Å². The smallest absolute Gasteiger partial charge is 0.321 e. The Kier molecular flexibility index (Phi) is 2.04. The third kappa shape index (κ3) is 0.926. The van der Waals surface area contributed by atoms with E-state index in [1.807, 2.05) is 13.8 Å². The van der Waals surface area contributed by atoms with Gasteiger partial charge in [-0.2, -0.15) is 0 Å². The molecule has 4 heteroatoms. The van der Waals surface area contributed by atoms with Crippen LogP contribution in [0.15, 0.2) is 0 Å². The molecule has 0 spiro atoms. The van der Waals surface area contributed by atoms with Gasteiger partial charge in [-0.3, -0.25) is 9.59 Å². The predicted molar refractivity (Wildman–Crippen MR) is 53.8 cm³/mol. The molecule has 2 rings (SSSR count). The zero-order chi connectivity index (χ0) is 10.6. The van der Waals surface area contributed by atoms with Crippen molar-refractivity contribution < 1.29 is 14.3 Å². The fourth-order valence-electron chi connectivity index (χ4n) is 2.74. The molecule has 0 aromatic heterocycles. The van der Waals surface area contributed by atoms with Crippen LogP contribution in [0.3, 0.4) is 0 Å². The van der Waals surface area contributed by atoms with E-state index in [0.717, 1.165) is 12.8 Å². The summed E-state index contributed by atoms with van der Waals surface area (Å²) in [5, 5.41) is 0.579. The van der Waals surface area contributed by atoms with Crippen LogP contribution in [0.1, 0.15) is 26.7 Å². The molecule has 2 atom stereocenters. The molecule has 14 heavy (non-hydrogen) atoms. The molecule has 0 aromatic rings. The lowest BCUT2D eigenvalue weighted by Gasteiger charge is -2.43. The third-order valence-electron chi connectivity index (χ3n) is 4.06. The van der Waals surface area contributed by atoms with Crippen LogP contribution in [0.2, 0.25) is 0 Å². The number of carbonyl (C=O) groups is 2. The summed E-state index contributed by atoms with van der Waals surface area (Å²) in [4.78, 5) is 23.2. The lowest BCUT2D eigenvalue weighted by Crippen LogP contribution is -2.52. The van der Waals surface area contributed by atoms with E-state index in [1.54, 1.807) is 0 Å². The minimum atomic E-state index is -0.494. The van der Waals surface area contributed by atoms with Crippen molar-refractivity contribution in [1.29, 1.82) is 0 Å². The second kappa shape index (κ2) is 2.81. The van der Waals surface area contributed by atoms with Gasteiger partial charge in [-0.1, -0.05) is 29.8 Å². The monoisotopic (exact) mass is 260 g/mol. The lowest BCUT2D eigenvalue weighted by atomic mass is 9.64. The van der Waals surface area contributed by atoms with Gasteiger partial charge in [0.25, 0.3) is 0 Å². The van der Waals surface area contributed by atoms with Crippen LogP contribution in [0.5, 0.6) is 0 Å². The topological polar surface area (TPSA) is 43.4 Å². The number of esters is 2. The van der Waals surface area contributed by atoms with Gasteiger partial charge in [0, 0.05) is 5.33 Å². The first-order valence-corrected chi connectivity index (χ1v) is 5.90. The van der Waals surface area contributed by atoms with E-state index < -0.39 is 5.41 Å². The summed E-state index contributed by atoms with van der Waals surface area (Å²) >= 11 is 3.38. The Labute approximate surface area is 91.3 Å². The van der Waals surface area contributed by atoms with Crippen LogP contribution in [-0.2, 0) is 14.3 Å². The summed E-state index contributed by atoms with van der Waals surface area (Å²) in [5.74, 6) is -0.801. The summed E-state index contributed by atoms with van der Waals surface area (Å²) in [6.45, 7) is 3.98. The number of ether oxygens (including phenoxy) is 1. The number of halogens is 1. The van der Waals surface area contributed by atoms with Crippen molar-refractivity contribution in [3.63, 3.8) is 0 Å². The van der Waals surface area contributed by atoms with Crippen molar-refractivity contribution in [2.45, 2.75) is 26.7 Å². The van der Waals surface area contributed by atoms with Gasteiger partial charge in [0.15, 0.2) is 0 Å². The van der Waals surface area contributed by atoms with Crippen LogP contribution >= 0.6 is 15.9 Å². The molecule has 2 aliphatic rings. The summed E-state index contributed by atoms with van der Waals surface area (Å²) < 4.78 is 4.80. The first kappa shape index (κ1) is 10.1. The first-order chi connectivity index (χ1) is 6.45. The predicted octanol–water partition coefficient (Wildman–Crippen LogP) is 1.89. The SMILES string of the molecule is CC1(C)[C@H]2CC[C@@]1(CBr)C(=O)OC2=O. The number of hydrogen-bond donors (Lipinski definition) is 0. The molecule has 0 amide bonds. The van der Waals surface area contributed by atoms with Gasteiger partial charge in [0.05, 0.1) is 11.3 Å². The maximum atomic E-state index is 11.8. The van der Waals surface area contributed by atoms with Gasteiger partial charge < -0.3 is 4.74 Å². The molecule has 0 aromatic carbocycles. The number of rotatable bonds is 1. The molecule has 1 heterocycles. The fraction of sp³-hybridized carbons (Fsp3) is 0.800. The lowest BCUT2D eigenvalue weighted by molar-refractivity contribution is -0.184. The average Bonchev–Trinajstić information content (AvgIpc) is 2.27. The summed E-state index contributed by atoms with van der Waals surface area (Å²) in [6.07, 6.45) is 1.52. The van der Waals surface area contributed by atoms with Crippen molar-refractivity contribution in [2.75, 3.05) is 5.33 Å². The Bertz CT molecular complexity index is 310. The summed E-state index contributed by atoms with van der Waals surface area (Å²) in [7, 11) is 0. The van der Waals surface area contributed by atoms with Gasteiger partial charge >= 0.3 is 11.9 Å². The molecule has 1 aliphatic heterocycles. The molecule has 0 radical (unpaired) electrons. The Balaban J connectivity index is 2.51. The first-order valence-electron chi connectivity index (χ1n) is 4.78. The van der Waals surface area contributed by atoms with Gasteiger partial charge in [0.2, 0.25) is 0 Å². The molecular weight excluding hydrogens is 248 g/mol. The second-order valence-corrected chi connectivity index (χ2v) is 5.30. The van der Waals surface area contributed by atoms with Crippen LogP contribution in [0.4, 0.5) is 0 Å². The number of hydrogen-bond acceptors (Lipinski definition) is 3. The quantitative estimate of drug-likeness (QED) is 0.411. The molecule has 0 N–H and O–H groups in total. The van der Waals surface area contributed by atoms with Crippen molar-refractivity contribution in [3.05, 3.63) is 0 Å². The van der Waals surface area contributed by atoms with Crippen LogP contribution in [0, 0.1) is 16.7 Å². The minimum Gasteiger partial charge on any atom is -0.392 e. The van der Waals surface area contributed by atoms with E-state index in [2.05, 4.69) is 15.9 Å². The Morgan fingerprint density at radius 3 is 2.71 bits per heavy atom. The molecule has 1 aliphatic carbocycles. The Morgan fingerprint density at radius 2 is 2.14 bits per heavy atom. The van der Waals surface area contributed by atoms with E-state index in [4.69, 9.17) is 4.74 Å². The molecule has 1 saturated heterocycles. The second-order valence-electron chi connectivity index (χ2n) is 4.74. The van der Waals surface area contributed by atoms with Gasteiger partial charge in [0.1, 0.15) is 0 Å². The summed E-state index contributed by atoms with van der Waals surface area (Å²) in [5.41, 5.74) is -0.769. The molecule has 3 nitrogen and oxygen atoms in total. The third-order valence-corrected chi connectivity index (χ3v) is 5.02. The standard InChI is InChI=1S/C10H13BrO3/c1-9(2)6-3-4-10(9,5-11)8(13)14-7(6)12/h6H,3-5H2,1-2H3/t6-,10+/m0/s1. The zero-order valence-electron chi connectivity index (χ0n) is 8.30. The maximum absolute atomic E-state index is 11.8. The highest BCUT2D eigenvalue weighted by Crippen LogP contribution is 2.60. The molecule has 2 fully saturated rings. The molecule has 78 valence electrons. The highest BCUT2D eigenvalue weighted by atomic mass is 79.9. The number of fused-ring (bicyclic) bond motifs is 2. The number of alkyl halides is 1. The minimum absolute atomic E-state index is 0.113. The highest BCUT2D eigenvalue weighted by Gasteiger charge is 2.65. The van der Waals surface area contributed by atoms with Crippen molar-refractivity contribution in [2.24, 2.45) is 16.7 Å². The fourth-order valence-corrected chi connectivity index (χ4v) is 3.97. The van der Waals surface area contributed by atoms with E-state index in [-0.39, 0.29) is 23.3 Å². The van der Waals surface area contributed by atoms with E-state index in [1.165, 1.54) is 0 Å². The van der Waals surface area contributed by atoms with Gasteiger partial charge in [-0.05, 0) is 18.3 Å². The van der Waals surface area contributed by atoms with Crippen molar-refractivity contribution >= 4 is 27.9 Å². The van der Waals surface area contributed by atoms with Gasteiger partial charge in [-0.15, -0.1) is 0 Å². The van der Waals surface area contributed by atoms with Crippen LogP contribution in [0.25, 0.3) is 0 Å². The molecule has 2 bridgehead atoms. The number of carbonyl (C=O) groups excluding carboxylic acids is 2. The molecule has 1 saturated carbocycles. The zero-order valence-corrected chi connectivity index (χ0v) is 9.89. The largest absolute Gasteiger partial charge is 0.392 e. The number of cyclic esters (lactones) is 2. The molecular formula is C10H13BrO3. The highest BCUT2D eigenvalue weighted by molar-refractivity contribution is 9.09. The Morgan fingerprint density at radius 1 is 1.50 bits per heavy atom. The maximum Gasteiger partial charge on any atom is 0.321 e. The van der Waals surface area contributed by atoms with Gasteiger partial charge in [-0.25, -0.2) is 0 Å².